The van der Waals surface area contributed by atoms with E-state index in [2.05, 4.69) is 4.98 Å². The van der Waals surface area contributed by atoms with Crippen molar-refractivity contribution < 1.29 is 41.0 Å². The second-order valence-corrected chi connectivity index (χ2v) is 10.1. The van der Waals surface area contributed by atoms with Gasteiger partial charge >= 0.3 is 18.1 Å². The Morgan fingerprint density at radius 1 is 1.07 bits per heavy atom. The third-order valence-electron chi connectivity index (χ3n) is 7.00. The summed E-state index contributed by atoms with van der Waals surface area (Å²) in [5, 5.41) is 0.824. The molecular weight excluding hydrogens is 565 g/mol. The molecule has 1 saturated heterocycles. The number of halogens is 5. The molecule has 4 rings (SSSR count). The Bertz CT molecular complexity index is 1430. The zero-order valence-corrected chi connectivity index (χ0v) is 23.5. The highest BCUT2D eigenvalue weighted by atomic mass is 19.4. The number of urea groups is 1. The van der Waals surface area contributed by atoms with Crippen molar-refractivity contribution in [2.45, 2.75) is 44.5 Å². The van der Waals surface area contributed by atoms with Gasteiger partial charge < -0.3 is 23.8 Å². The Hall–Kier alpha value is -4.10. The molecule has 2 aromatic heterocycles. The largest absolute Gasteiger partial charge is 0.493 e. The molecule has 3 heterocycles. The summed E-state index contributed by atoms with van der Waals surface area (Å²) in [5.41, 5.74) is 1.96. The number of nitrogens with zero attached hydrogens (tertiary/aromatic N) is 5. The zero-order valence-electron chi connectivity index (χ0n) is 23.5. The lowest BCUT2D eigenvalue weighted by molar-refractivity contribution is -0.284. The van der Waals surface area contributed by atoms with E-state index in [0.717, 1.165) is 10.9 Å². The fraction of sp³-hybridized carbons (Fsp3) is 0.464. The second kappa shape index (κ2) is 12.4. The van der Waals surface area contributed by atoms with Crippen LogP contribution in [0.15, 0.2) is 42.7 Å². The van der Waals surface area contributed by atoms with E-state index in [1.165, 1.54) is 18.1 Å². The third kappa shape index (κ3) is 6.68. The average Bonchev–Trinajstić information content (AvgIpc) is 3.35. The van der Waals surface area contributed by atoms with Gasteiger partial charge in [-0.05, 0) is 42.7 Å². The van der Waals surface area contributed by atoms with Crippen molar-refractivity contribution in [2.24, 2.45) is 0 Å². The number of methoxy groups -OCH3 is 1. The van der Waals surface area contributed by atoms with Gasteiger partial charge in [0.1, 0.15) is 12.2 Å². The fourth-order valence-electron chi connectivity index (χ4n) is 4.64. The first-order valence-corrected chi connectivity index (χ1v) is 13.3. The summed E-state index contributed by atoms with van der Waals surface area (Å²) in [7, 11) is 4.73. The highest BCUT2D eigenvalue weighted by molar-refractivity contribution is 5.93. The van der Waals surface area contributed by atoms with Crippen LogP contribution in [-0.2, 0) is 17.9 Å². The molecule has 14 heteroatoms. The van der Waals surface area contributed by atoms with Crippen molar-refractivity contribution in [3.8, 4) is 11.5 Å². The molecule has 0 spiro atoms. The van der Waals surface area contributed by atoms with Crippen LogP contribution in [0.3, 0.4) is 0 Å². The van der Waals surface area contributed by atoms with E-state index in [1.807, 2.05) is 12.1 Å². The molecule has 0 atom stereocenters. The monoisotopic (exact) mass is 597 g/mol. The minimum Gasteiger partial charge on any atom is -0.493 e. The van der Waals surface area contributed by atoms with Crippen LogP contribution in [-0.4, -0.2) is 84.3 Å². The Kier molecular flexibility index (Phi) is 9.12. The lowest BCUT2D eigenvalue weighted by Gasteiger charge is -2.36. The number of ether oxygens (including phenoxy) is 2. The van der Waals surface area contributed by atoms with E-state index < -0.39 is 31.5 Å². The molecule has 0 unspecified atom stereocenters. The van der Waals surface area contributed by atoms with Crippen LogP contribution >= 0.6 is 0 Å². The topological polar surface area (TPSA) is 80.1 Å². The van der Waals surface area contributed by atoms with Crippen LogP contribution < -0.4 is 14.4 Å². The number of carbonyl (C=O) groups is 2. The van der Waals surface area contributed by atoms with Crippen molar-refractivity contribution >= 4 is 28.7 Å². The van der Waals surface area contributed by atoms with Gasteiger partial charge in [-0.1, -0.05) is 0 Å². The van der Waals surface area contributed by atoms with E-state index in [4.69, 9.17) is 9.47 Å². The average molecular weight is 598 g/mol. The lowest BCUT2D eigenvalue weighted by atomic mass is 10.1. The maximum atomic E-state index is 13.5. The molecule has 3 amide bonds. The van der Waals surface area contributed by atoms with Crippen molar-refractivity contribution in [2.75, 3.05) is 45.8 Å². The van der Waals surface area contributed by atoms with E-state index >= 15 is 0 Å². The third-order valence-corrected chi connectivity index (χ3v) is 7.00. The van der Waals surface area contributed by atoms with Crippen molar-refractivity contribution in [3.63, 3.8) is 0 Å². The van der Waals surface area contributed by atoms with Crippen LogP contribution in [0, 0.1) is 0 Å². The number of benzene rings is 1. The predicted molar refractivity (Wildman–Crippen MR) is 145 cm³/mol. The van der Waals surface area contributed by atoms with Gasteiger partial charge in [0.2, 0.25) is 5.91 Å². The molecule has 0 N–H and O–H groups in total. The smallest absolute Gasteiger partial charge is 0.453 e. The quantitative estimate of drug-likeness (QED) is 0.221. The summed E-state index contributed by atoms with van der Waals surface area (Å²) >= 11 is 0. The molecule has 228 valence electrons. The Morgan fingerprint density at radius 3 is 2.52 bits per heavy atom. The second-order valence-electron chi connectivity index (χ2n) is 10.1. The van der Waals surface area contributed by atoms with Crippen molar-refractivity contribution in [1.29, 1.82) is 0 Å². The summed E-state index contributed by atoms with van der Waals surface area (Å²) in [4.78, 5) is 34.9. The van der Waals surface area contributed by atoms with Crippen molar-refractivity contribution in [1.82, 2.24) is 19.4 Å². The highest BCUT2D eigenvalue weighted by Crippen LogP contribution is 2.39. The summed E-state index contributed by atoms with van der Waals surface area (Å²) in [6, 6.07) is 8.13. The number of aromatic nitrogens is 2. The number of alkyl halides is 5. The number of pyridine rings is 1. The van der Waals surface area contributed by atoms with E-state index in [0.29, 0.717) is 37.4 Å². The number of anilines is 1. The molecule has 0 bridgehead atoms. The first-order valence-electron chi connectivity index (χ1n) is 13.3. The molecule has 1 aliphatic heterocycles. The van der Waals surface area contributed by atoms with Gasteiger partial charge in [0.15, 0.2) is 11.5 Å². The van der Waals surface area contributed by atoms with Gasteiger partial charge in [-0.15, -0.1) is 0 Å². The molecule has 9 nitrogen and oxygen atoms in total. The number of fused-ring (bicyclic) bond motifs is 1. The van der Waals surface area contributed by atoms with Crippen LogP contribution in [0.5, 0.6) is 11.5 Å². The maximum Gasteiger partial charge on any atom is 0.453 e. The normalized spacial score (nSPS) is 14.4. The number of amides is 3. The van der Waals surface area contributed by atoms with Gasteiger partial charge in [0.25, 0.3) is 0 Å². The Labute approximate surface area is 239 Å². The molecule has 0 aliphatic carbocycles. The van der Waals surface area contributed by atoms with E-state index in [-0.39, 0.29) is 30.0 Å². The van der Waals surface area contributed by atoms with Gasteiger partial charge in [-0.2, -0.15) is 22.0 Å². The van der Waals surface area contributed by atoms with Crippen LogP contribution in [0.4, 0.5) is 32.4 Å². The molecule has 3 aromatic rings. The lowest BCUT2D eigenvalue weighted by Crippen LogP contribution is -2.49. The Morgan fingerprint density at radius 2 is 1.83 bits per heavy atom. The molecule has 0 radical (unpaired) electrons. The van der Waals surface area contributed by atoms with Gasteiger partial charge in [0, 0.05) is 69.7 Å². The SMILES string of the molecule is COc1ccc(N2CCCN(Cc3ccnc4c3ccn4CC(=O)N(C)C)C2=O)cc1OCCCC(F)(F)C(F)(F)F. The maximum absolute atomic E-state index is 13.5. The van der Waals surface area contributed by atoms with Gasteiger partial charge in [-0.3, -0.25) is 9.69 Å². The van der Waals surface area contributed by atoms with Crippen molar-refractivity contribution in [3.05, 3.63) is 48.3 Å². The van der Waals surface area contributed by atoms with Crippen LogP contribution in [0.2, 0.25) is 0 Å². The summed E-state index contributed by atoms with van der Waals surface area (Å²) in [5.74, 6) is -4.51. The molecule has 42 heavy (non-hydrogen) atoms. The highest BCUT2D eigenvalue weighted by Gasteiger charge is 2.56. The number of hydrogen-bond donors (Lipinski definition) is 0. The zero-order chi connectivity index (χ0) is 30.7. The van der Waals surface area contributed by atoms with Gasteiger partial charge in [0.05, 0.1) is 13.7 Å². The number of rotatable bonds is 11. The van der Waals surface area contributed by atoms with E-state index in [1.54, 1.807) is 53.0 Å². The van der Waals surface area contributed by atoms with Crippen LogP contribution in [0.1, 0.15) is 24.8 Å². The predicted octanol–water partition coefficient (Wildman–Crippen LogP) is 5.32. The van der Waals surface area contributed by atoms with E-state index in [9.17, 15) is 31.5 Å². The fourth-order valence-corrected chi connectivity index (χ4v) is 4.64. The summed E-state index contributed by atoms with van der Waals surface area (Å²) in [6.45, 7) is 0.950. The number of hydrogen-bond acceptors (Lipinski definition) is 5. The summed E-state index contributed by atoms with van der Waals surface area (Å²) < 4.78 is 76.3. The summed E-state index contributed by atoms with van der Waals surface area (Å²) in [6.07, 6.45) is -3.49. The first-order chi connectivity index (χ1) is 19.8. The molecular formula is C28H32F5N5O4. The number of carbonyl (C=O) groups excluding carboxylic acids is 2. The molecule has 1 aromatic carbocycles. The number of likely N-dealkylation sites (N-methyl/N-ethyl adjacent to an activating group) is 1. The molecule has 1 aliphatic rings. The Balaban J connectivity index is 1.47. The first kappa shape index (κ1) is 30.8. The van der Waals surface area contributed by atoms with Crippen LogP contribution in [0.25, 0.3) is 11.0 Å². The standard InChI is InChI=1S/C28H32F5N5O4/c1-35(2)24(39)18-36-14-9-21-19(8-11-34-25(21)36)17-37-12-5-13-38(26(37)40)20-6-7-22(41-3)23(16-20)42-15-4-10-27(29,30)28(31,32)33/h6-9,11,14,16H,4-5,10,12-13,15,17-18H2,1-3H3. The molecule has 1 fully saturated rings. The minimum atomic E-state index is -5.62. The molecule has 0 saturated carbocycles. The minimum absolute atomic E-state index is 0.0800. The van der Waals surface area contributed by atoms with Gasteiger partial charge in [-0.25, -0.2) is 9.78 Å².